The second-order valence-electron chi connectivity index (χ2n) is 7.59. The van der Waals surface area contributed by atoms with Gasteiger partial charge in [0.1, 0.15) is 0 Å². The highest BCUT2D eigenvalue weighted by Gasteiger charge is 2.43. The van der Waals surface area contributed by atoms with Crippen LogP contribution >= 0.6 is 11.6 Å². The van der Waals surface area contributed by atoms with Crippen LogP contribution in [-0.2, 0) is 20.7 Å². The van der Waals surface area contributed by atoms with E-state index >= 15 is 0 Å². The number of hydrogen-bond donors (Lipinski definition) is 1. The van der Waals surface area contributed by atoms with Gasteiger partial charge in [0.2, 0.25) is 11.8 Å². The van der Waals surface area contributed by atoms with E-state index in [0.29, 0.717) is 63.7 Å². The molecule has 1 unspecified atom stereocenters. The van der Waals surface area contributed by atoms with Gasteiger partial charge in [0.05, 0.1) is 11.8 Å². The van der Waals surface area contributed by atoms with Crippen LogP contribution in [0.5, 0.6) is 0 Å². The van der Waals surface area contributed by atoms with Crippen molar-refractivity contribution in [2.24, 2.45) is 11.1 Å². The molecule has 148 valence electrons. The summed E-state index contributed by atoms with van der Waals surface area (Å²) in [4.78, 5) is 29.6. The predicted octanol–water partition coefficient (Wildman–Crippen LogP) is 1.70. The van der Waals surface area contributed by atoms with Crippen molar-refractivity contribution in [1.29, 1.82) is 0 Å². The van der Waals surface area contributed by atoms with Crippen molar-refractivity contribution in [2.75, 3.05) is 39.4 Å². The van der Waals surface area contributed by atoms with Crippen LogP contribution in [0.1, 0.15) is 25.3 Å². The molecule has 0 bridgehead atoms. The SMILES string of the molecule is CC1CN(C(=O)C2(CN)CCOCC2)CCN1C(=O)Cc1cccc(Cl)c1. The fraction of sp³-hybridized carbons (Fsp3) is 0.600. The number of benzene rings is 1. The summed E-state index contributed by atoms with van der Waals surface area (Å²) in [7, 11) is 0. The van der Waals surface area contributed by atoms with Crippen molar-refractivity contribution < 1.29 is 14.3 Å². The zero-order valence-corrected chi connectivity index (χ0v) is 16.6. The minimum atomic E-state index is -0.509. The lowest BCUT2D eigenvalue weighted by Crippen LogP contribution is -2.60. The van der Waals surface area contributed by atoms with Gasteiger partial charge in [-0.2, -0.15) is 0 Å². The lowest BCUT2D eigenvalue weighted by atomic mass is 9.78. The summed E-state index contributed by atoms with van der Waals surface area (Å²) in [5.74, 6) is 0.179. The zero-order chi connectivity index (χ0) is 19.4. The van der Waals surface area contributed by atoms with E-state index in [2.05, 4.69) is 0 Å². The number of hydrogen-bond acceptors (Lipinski definition) is 4. The van der Waals surface area contributed by atoms with Crippen LogP contribution in [0, 0.1) is 5.41 Å². The molecule has 1 aromatic rings. The Labute approximate surface area is 165 Å². The van der Waals surface area contributed by atoms with E-state index < -0.39 is 5.41 Å². The molecule has 27 heavy (non-hydrogen) atoms. The van der Waals surface area contributed by atoms with E-state index in [0.717, 1.165) is 5.56 Å². The van der Waals surface area contributed by atoms with Crippen molar-refractivity contribution in [3.63, 3.8) is 0 Å². The van der Waals surface area contributed by atoms with E-state index in [4.69, 9.17) is 22.1 Å². The van der Waals surface area contributed by atoms with Crippen molar-refractivity contribution in [1.82, 2.24) is 9.80 Å². The molecule has 0 radical (unpaired) electrons. The average Bonchev–Trinajstić information content (AvgIpc) is 2.67. The third-order valence-corrected chi connectivity index (χ3v) is 6.01. The third-order valence-electron chi connectivity index (χ3n) is 5.77. The summed E-state index contributed by atoms with van der Waals surface area (Å²) < 4.78 is 5.41. The summed E-state index contributed by atoms with van der Waals surface area (Å²) in [6.07, 6.45) is 1.66. The molecular weight excluding hydrogens is 366 g/mol. The third kappa shape index (κ3) is 4.45. The Morgan fingerprint density at radius 3 is 2.67 bits per heavy atom. The Bertz CT molecular complexity index is 691. The number of piperazine rings is 1. The van der Waals surface area contributed by atoms with Gasteiger partial charge >= 0.3 is 0 Å². The van der Waals surface area contributed by atoms with Crippen LogP contribution in [0.4, 0.5) is 0 Å². The summed E-state index contributed by atoms with van der Waals surface area (Å²) in [5.41, 5.74) is 6.37. The molecule has 2 aliphatic heterocycles. The second kappa shape index (κ2) is 8.59. The number of nitrogens with two attached hydrogens (primary N) is 1. The topological polar surface area (TPSA) is 75.9 Å². The van der Waals surface area contributed by atoms with Crippen LogP contribution in [0.3, 0.4) is 0 Å². The molecule has 7 heteroatoms. The quantitative estimate of drug-likeness (QED) is 0.844. The minimum absolute atomic E-state index is 0.0240. The lowest BCUT2D eigenvalue weighted by molar-refractivity contribution is -0.153. The van der Waals surface area contributed by atoms with Crippen molar-refractivity contribution in [3.05, 3.63) is 34.9 Å². The summed E-state index contributed by atoms with van der Waals surface area (Å²) in [6, 6.07) is 7.35. The largest absolute Gasteiger partial charge is 0.381 e. The van der Waals surface area contributed by atoms with Gasteiger partial charge in [0.25, 0.3) is 0 Å². The van der Waals surface area contributed by atoms with E-state index in [9.17, 15) is 9.59 Å². The van der Waals surface area contributed by atoms with Crippen LogP contribution in [0.2, 0.25) is 5.02 Å². The van der Waals surface area contributed by atoms with Crippen molar-refractivity contribution in [3.8, 4) is 0 Å². The smallest absolute Gasteiger partial charge is 0.230 e. The molecule has 2 saturated heterocycles. The number of rotatable bonds is 4. The number of nitrogens with zero attached hydrogens (tertiary/aromatic N) is 2. The summed E-state index contributed by atoms with van der Waals surface area (Å²) >= 11 is 6.01. The first-order valence-electron chi connectivity index (χ1n) is 9.56. The van der Waals surface area contributed by atoms with Crippen LogP contribution in [-0.4, -0.2) is 67.0 Å². The van der Waals surface area contributed by atoms with E-state index in [-0.39, 0.29) is 17.9 Å². The minimum Gasteiger partial charge on any atom is -0.381 e. The predicted molar refractivity (Wildman–Crippen MR) is 104 cm³/mol. The fourth-order valence-corrected chi connectivity index (χ4v) is 4.25. The first kappa shape index (κ1) is 20.1. The number of halogens is 1. The van der Waals surface area contributed by atoms with Gasteiger partial charge < -0.3 is 20.3 Å². The first-order chi connectivity index (χ1) is 12.9. The van der Waals surface area contributed by atoms with Gasteiger partial charge in [-0.25, -0.2) is 0 Å². The maximum atomic E-state index is 13.1. The normalized spacial score (nSPS) is 22.6. The molecule has 2 fully saturated rings. The monoisotopic (exact) mass is 393 g/mol. The Morgan fingerprint density at radius 2 is 2.04 bits per heavy atom. The molecule has 1 aromatic carbocycles. The number of amides is 2. The van der Waals surface area contributed by atoms with Crippen LogP contribution in [0.25, 0.3) is 0 Å². The van der Waals surface area contributed by atoms with Gasteiger partial charge in [-0.3, -0.25) is 9.59 Å². The molecule has 0 saturated carbocycles. The average molecular weight is 394 g/mol. The summed E-state index contributed by atoms with van der Waals surface area (Å²) in [6.45, 7) is 5.14. The first-order valence-corrected chi connectivity index (χ1v) is 9.94. The number of carbonyl (C=O) groups is 2. The summed E-state index contributed by atoms with van der Waals surface area (Å²) in [5, 5.41) is 0.632. The van der Waals surface area contributed by atoms with Crippen LogP contribution < -0.4 is 5.73 Å². The molecule has 2 heterocycles. The standard InChI is InChI=1S/C20H28ClN3O3/c1-15-13-23(19(26)20(14-22)5-9-27-10-6-20)7-8-24(15)18(25)12-16-3-2-4-17(21)11-16/h2-4,11,15H,5-10,12-14,22H2,1H3. The van der Waals surface area contributed by atoms with E-state index in [1.165, 1.54) is 0 Å². The molecule has 6 nitrogen and oxygen atoms in total. The maximum Gasteiger partial charge on any atom is 0.230 e. The van der Waals surface area contributed by atoms with Crippen LogP contribution in [0.15, 0.2) is 24.3 Å². The van der Waals surface area contributed by atoms with E-state index in [1.807, 2.05) is 34.9 Å². The molecule has 0 aliphatic carbocycles. The number of carbonyl (C=O) groups excluding carboxylic acids is 2. The van der Waals surface area contributed by atoms with Crippen molar-refractivity contribution in [2.45, 2.75) is 32.2 Å². The molecule has 2 N–H and O–H groups in total. The highest BCUT2D eigenvalue weighted by Crippen LogP contribution is 2.32. The van der Waals surface area contributed by atoms with E-state index in [1.54, 1.807) is 6.07 Å². The van der Waals surface area contributed by atoms with Gasteiger partial charge in [0, 0.05) is 50.5 Å². The molecular formula is C20H28ClN3O3. The Hall–Kier alpha value is -1.63. The molecule has 1 atom stereocenters. The molecule has 2 aliphatic rings. The molecule has 0 aromatic heterocycles. The van der Waals surface area contributed by atoms with Gasteiger partial charge in [0.15, 0.2) is 0 Å². The highest BCUT2D eigenvalue weighted by atomic mass is 35.5. The zero-order valence-electron chi connectivity index (χ0n) is 15.8. The Balaban J connectivity index is 1.61. The highest BCUT2D eigenvalue weighted by molar-refractivity contribution is 6.30. The molecule has 2 amide bonds. The van der Waals surface area contributed by atoms with Gasteiger partial charge in [-0.05, 0) is 37.5 Å². The van der Waals surface area contributed by atoms with Gasteiger partial charge in [-0.15, -0.1) is 0 Å². The molecule has 3 rings (SSSR count). The maximum absolute atomic E-state index is 13.1. The molecule has 0 spiro atoms. The van der Waals surface area contributed by atoms with Gasteiger partial charge in [-0.1, -0.05) is 23.7 Å². The lowest BCUT2D eigenvalue weighted by Gasteiger charge is -2.44. The number of ether oxygens (including phenoxy) is 1. The van der Waals surface area contributed by atoms with Crippen molar-refractivity contribution >= 4 is 23.4 Å². The second-order valence-corrected chi connectivity index (χ2v) is 8.03. The fourth-order valence-electron chi connectivity index (χ4n) is 4.04. The Kier molecular flexibility index (Phi) is 6.40. The Morgan fingerprint density at radius 1 is 1.30 bits per heavy atom.